The third-order valence-electron chi connectivity index (χ3n) is 11.2. The van der Waals surface area contributed by atoms with Crippen molar-refractivity contribution >= 4 is 0 Å². The summed E-state index contributed by atoms with van der Waals surface area (Å²) in [5, 5.41) is 18.9. The topological polar surface area (TPSA) is 56.8 Å². The second-order valence-electron chi connectivity index (χ2n) is 15.1. The molecule has 256 valence electrons. The van der Waals surface area contributed by atoms with Crippen molar-refractivity contribution in [2.45, 2.75) is 168 Å². The molecule has 2 aliphatic carbocycles. The predicted octanol–water partition coefficient (Wildman–Crippen LogP) is 13.0. The van der Waals surface area contributed by atoms with E-state index in [9.17, 15) is 10.5 Å². The van der Waals surface area contributed by atoms with Crippen LogP contribution in [0.15, 0.2) is 36.4 Å². The van der Waals surface area contributed by atoms with Crippen molar-refractivity contribution < 1.29 is 4.74 Å². The summed E-state index contributed by atoms with van der Waals surface area (Å²) in [6.45, 7) is 4.57. The Kier molecular flexibility index (Phi) is 16.7. The maximum atomic E-state index is 9.46. The molecule has 0 atom stereocenters. The van der Waals surface area contributed by atoms with Crippen LogP contribution < -0.4 is 4.74 Å². The number of rotatable bonds is 20. The van der Waals surface area contributed by atoms with E-state index >= 15 is 0 Å². The summed E-state index contributed by atoms with van der Waals surface area (Å²) in [4.78, 5) is 0. The molecule has 4 rings (SSSR count). The predicted molar refractivity (Wildman–Crippen MR) is 197 cm³/mol. The number of benzene rings is 2. The second-order valence-corrected chi connectivity index (χ2v) is 15.1. The van der Waals surface area contributed by atoms with Crippen molar-refractivity contribution in [1.82, 2.24) is 0 Å². The standard InChI is InChI=1S/C44H64N2O/c1-3-5-7-9-11-13-15-35-25-27-43(41(29-35)31-37-17-21-39(33-45)22-18-37)47-44-28-26-36(16-14-12-10-8-6-4-2)30-42(44)32-38-19-23-40(34-46)24-20-38/h25-30,37-40H,3-24,31-32H2,1-2H3/t37-,38-,39-,40-. The van der Waals surface area contributed by atoms with Crippen LogP contribution in [0.1, 0.15) is 165 Å². The van der Waals surface area contributed by atoms with Crippen LogP contribution >= 0.6 is 0 Å². The van der Waals surface area contributed by atoms with Gasteiger partial charge in [-0.3, -0.25) is 0 Å². The lowest BCUT2D eigenvalue weighted by atomic mass is 9.79. The molecule has 47 heavy (non-hydrogen) atoms. The molecule has 2 aromatic carbocycles. The van der Waals surface area contributed by atoms with Gasteiger partial charge in [0.15, 0.2) is 0 Å². The molecule has 2 saturated carbocycles. The van der Waals surface area contributed by atoms with Gasteiger partial charge in [0.2, 0.25) is 0 Å². The van der Waals surface area contributed by atoms with Gasteiger partial charge in [-0.25, -0.2) is 0 Å². The highest BCUT2D eigenvalue weighted by molar-refractivity contribution is 5.45. The third-order valence-corrected chi connectivity index (χ3v) is 11.2. The summed E-state index contributed by atoms with van der Waals surface area (Å²) >= 11 is 0. The average molecular weight is 637 g/mol. The minimum absolute atomic E-state index is 0.238. The molecular weight excluding hydrogens is 572 g/mol. The summed E-state index contributed by atoms with van der Waals surface area (Å²) in [6, 6.07) is 19.1. The molecule has 0 N–H and O–H groups in total. The lowest BCUT2D eigenvalue weighted by Crippen LogP contribution is -2.16. The largest absolute Gasteiger partial charge is 0.457 e. The van der Waals surface area contributed by atoms with Gasteiger partial charge in [-0.15, -0.1) is 0 Å². The molecule has 0 heterocycles. The first-order valence-electron chi connectivity index (χ1n) is 19.8. The smallest absolute Gasteiger partial charge is 0.130 e. The third kappa shape index (κ3) is 13.0. The first-order chi connectivity index (χ1) is 23.1. The molecule has 2 aliphatic rings. The number of unbranched alkanes of at least 4 members (excludes halogenated alkanes) is 10. The zero-order valence-corrected chi connectivity index (χ0v) is 30.0. The van der Waals surface area contributed by atoms with E-state index in [-0.39, 0.29) is 11.8 Å². The summed E-state index contributed by atoms with van der Waals surface area (Å²) in [7, 11) is 0. The Hall–Kier alpha value is -2.78. The van der Waals surface area contributed by atoms with Crippen LogP contribution in [0.5, 0.6) is 11.5 Å². The molecule has 0 unspecified atom stereocenters. The fourth-order valence-corrected chi connectivity index (χ4v) is 8.05. The summed E-state index contributed by atoms with van der Waals surface area (Å²) in [5.41, 5.74) is 5.59. The number of ether oxygens (including phenoxy) is 1. The van der Waals surface area contributed by atoms with E-state index in [0.717, 1.165) is 88.5 Å². The highest BCUT2D eigenvalue weighted by atomic mass is 16.5. The van der Waals surface area contributed by atoms with E-state index in [2.05, 4.69) is 62.4 Å². The monoisotopic (exact) mass is 637 g/mol. The van der Waals surface area contributed by atoms with Crippen LogP contribution in [0.2, 0.25) is 0 Å². The number of hydrogen-bond donors (Lipinski definition) is 0. The normalized spacial score (nSPS) is 21.2. The molecular formula is C44H64N2O. The van der Waals surface area contributed by atoms with E-state index in [4.69, 9.17) is 4.74 Å². The second kappa shape index (κ2) is 21.2. The molecule has 0 aliphatic heterocycles. The lowest BCUT2D eigenvalue weighted by molar-refractivity contribution is 0.308. The summed E-state index contributed by atoms with van der Waals surface area (Å²) < 4.78 is 6.95. The van der Waals surface area contributed by atoms with E-state index in [0.29, 0.717) is 11.8 Å². The van der Waals surface area contributed by atoms with Gasteiger partial charge in [-0.05, 0) is 136 Å². The van der Waals surface area contributed by atoms with Gasteiger partial charge >= 0.3 is 0 Å². The molecule has 0 bridgehead atoms. The Morgan fingerprint density at radius 2 is 0.915 bits per heavy atom. The Labute approximate surface area is 288 Å². The van der Waals surface area contributed by atoms with Gasteiger partial charge in [0.1, 0.15) is 11.5 Å². The van der Waals surface area contributed by atoms with Crippen LogP contribution in [-0.2, 0) is 25.7 Å². The van der Waals surface area contributed by atoms with Crippen molar-refractivity contribution in [2.75, 3.05) is 0 Å². The molecule has 0 amide bonds. The highest BCUT2D eigenvalue weighted by Gasteiger charge is 2.24. The van der Waals surface area contributed by atoms with Gasteiger partial charge in [0.25, 0.3) is 0 Å². The van der Waals surface area contributed by atoms with Gasteiger partial charge < -0.3 is 4.74 Å². The molecule has 2 aromatic rings. The molecule has 0 aromatic heterocycles. The Bertz CT molecular complexity index is 1160. The Balaban J connectivity index is 1.50. The first-order valence-corrected chi connectivity index (χ1v) is 19.8. The quantitative estimate of drug-likeness (QED) is 0.136. The van der Waals surface area contributed by atoms with E-state index in [1.54, 1.807) is 0 Å². The van der Waals surface area contributed by atoms with E-state index in [1.165, 1.54) is 99.3 Å². The Morgan fingerprint density at radius 3 is 1.30 bits per heavy atom. The van der Waals surface area contributed by atoms with Crippen molar-refractivity contribution in [3.63, 3.8) is 0 Å². The molecule has 0 saturated heterocycles. The van der Waals surface area contributed by atoms with Crippen molar-refractivity contribution in [2.24, 2.45) is 23.7 Å². The fourth-order valence-electron chi connectivity index (χ4n) is 8.05. The number of aryl methyl sites for hydroxylation is 2. The number of nitriles is 2. The molecule has 0 spiro atoms. The first kappa shape index (κ1) is 37.0. The maximum absolute atomic E-state index is 9.46. The molecule has 3 heteroatoms. The molecule has 2 fully saturated rings. The average Bonchev–Trinajstić information content (AvgIpc) is 3.10. The maximum Gasteiger partial charge on any atom is 0.130 e. The fraction of sp³-hybridized carbons (Fsp3) is 0.682. The Morgan fingerprint density at radius 1 is 0.532 bits per heavy atom. The highest BCUT2D eigenvalue weighted by Crippen LogP contribution is 2.38. The number of hydrogen-bond acceptors (Lipinski definition) is 3. The van der Waals surface area contributed by atoms with Crippen LogP contribution in [0, 0.1) is 46.3 Å². The van der Waals surface area contributed by atoms with Crippen LogP contribution in [0.3, 0.4) is 0 Å². The molecule has 0 radical (unpaired) electrons. The van der Waals surface area contributed by atoms with Gasteiger partial charge in [-0.2, -0.15) is 10.5 Å². The van der Waals surface area contributed by atoms with Crippen molar-refractivity contribution in [3.05, 3.63) is 58.7 Å². The minimum atomic E-state index is 0.238. The van der Waals surface area contributed by atoms with Crippen LogP contribution in [0.25, 0.3) is 0 Å². The molecule has 3 nitrogen and oxygen atoms in total. The van der Waals surface area contributed by atoms with Crippen molar-refractivity contribution in [1.29, 1.82) is 10.5 Å². The zero-order valence-electron chi connectivity index (χ0n) is 30.0. The van der Waals surface area contributed by atoms with E-state index < -0.39 is 0 Å². The van der Waals surface area contributed by atoms with Crippen molar-refractivity contribution in [3.8, 4) is 23.6 Å². The zero-order chi connectivity index (χ0) is 33.1. The van der Waals surface area contributed by atoms with Gasteiger partial charge in [-0.1, -0.05) is 102 Å². The summed E-state index contributed by atoms with van der Waals surface area (Å²) in [5.74, 6) is 3.78. The SMILES string of the molecule is CCCCCCCCc1ccc(Oc2ccc(CCCCCCCC)cc2C[C@H]2CC[C@H](C#N)CC2)c(C[C@H]2CC[C@H](C#N)CC2)c1. The van der Waals surface area contributed by atoms with Gasteiger partial charge in [0, 0.05) is 11.8 Å². The van der Waals surface area contributed by atoms with Gasteiger partial charge in [0.05, 0.1) is 12.1 Å². The van der Waals surface area contributed by atoms with Crippen LogP contribution in [-0.4, -0.2) is 0 Å². The minimum Gasteiger partial charge on any atom is -0.457 e. The number of nitrogens with zero attached hydrogens (tertiary/aromatic N) is 2. The van der Waals surface area contributed by atoms with Crippen LogP contribution in [0.4, 0.5) is 0 Å². The lowest BCUT2D eigenvalue weighted by Gasteiger charge is -2.27. The van der Waals surface area contributed by atoms with E-state index in [1.807, 2.05) is 0 Å². The summed E-state index contributed by atoms with van der Waals surface area (Å²) in [6.07, 6.45) is 29.0.